The lowest BCUT2D eigenvalue weighted by atomic mass is 10.3. The normalized spacial score (nSPS) is 10.6. The van der Waals surface area contributed by atoms with Gasteiger partial charge in [-0.25, -0.2) is 9.97 Å². The molecule has 0 saturated carbocycles. The lowest BCUT2D eigenvalue weighted by molar-refractivity contribution is 0.401. The number of rotatable bonds is 2. The molecular formula is C11H15N5O. The predicted octanol–water partition coefficient (Wildman–Crippen LogP) is 1.11. The van der Waals surface area contributed by atoms with E-state index in [1.807, 2.05) is 27.9 Å². The van der Waals surface area contributed by atoms with Crippen LogP contribution in [0.2, 0.25) is 0 Å². The van der Waals surface area contributed by atoms with Crippen molar-refractivity contribution in [3.8, 4) is 5.88 Å². The summed E-state index contributed by atoms with van der Waals surface area (Å²) in [7, 11) is 5.31. The largest absolute Gasteiger partial charge is 0.479 e. The standard InChI is InChI=1S/C11H15N5O/c1-6-7(2)13-9-8(12-6)10(17-5)15-11(14-9)16(3)4/h1-5H3. The van der Waals surface area contributed by atoms with E-state index in [9.17, 15) is 0 Å². The molecule has 0 fully saturated rings. The molecule has 0 bridgehead atoms. The van der Waals surface area contributed by atoms with E-state index in [-0.39, 0.29) is 0 Å². The minimum absolute atomic E-state index is 0.453. The third-order valence-corrected chi connectivity index (χ3v) is 2.49. The van der Waals surface area contributed by atoms with Crippen LogP contribution >= 0.6 is 0 Å². The fraction of sp³-hybridized carbons (Fsp3) is 0.455. The van der Waals surface area contributed by atoms with Crippen LogP contribution < -0.4 is 9.64 Å². The second-order valence-electron chi connectivity index (χ2n) is 3.99. The topological polar surface area (TPSA) is 64.0 Å². The summed E-state index contributed by atoms with van der Waals surface area (Å²) in [6.45, 7) is 3.81. The smallest absolute Gasteiger partial charge is 0.246 e. The van der Waals surface area contributed by atoms with Crippen molar-refractivity contribution in [2.24, 2.45) is 0 Å². The van der Waals surface area contributed by atoms with Crippen LogP contribution in [0.5, 0.6) is 5.88 Å². The first-order valence-corrected chi connectivity index (χ1v) is 5.27. The highest BCUT2D eigenvalue weighted by Gasteiger charge is 2.13. The first kappa shape index (κ1) is 11.5. The maximum Gasteiger partial charge on any atom is 0.246 e. The van der Waals surface area contributed by atoms with E-state index in [1.165, 1.54) is 0 Å². The van der Waals surface area contributed by atoms with Crippen LogP contribution in [0.1, 0.15) is 11.4 Å². The van der Waals surface area contributed by atoms with Gasteiger partial charge >= 0.3 is 0 Å². The Bertz CT molecular complexity index is 567. The maximum absolute atomic E-state index is 5.23. The molecule has 17 heavy (non-hydrogen) atoms. The van der Waals surface area contributed by atoms with E-state index in [2.05, 4.69) is 19.9 Å². The maximum atomic E-state index is 5.23. The molecule has 0 unspecified atom stereocenters. The van der Waals surface area contributed by atoms with Gasteiger partial charge in [0.25, 0.3) is 0 Å². The molecule has 0 N–H and O–H groups in total. The number of ether oxygens (including phenoxy) is 1. The van der Waals surface area contributed by atoms with Gasteiger partial charge in [-0.05, 0) is 13.8 Å². The van der Waals surface area contributed by atoms with Crippen LogP contribution in [0.4, 0.5) is 5.95 Å². The van der Waals surface area contributed by atoms with Gasteiger partial charge in [-0.15, -0.1) is 0 Å². The van der Waals surface area contributed by atoms with Crippen molar-refractivity contribution in [1.82, 2.24) is 19.9 Å². The van der Waals surface area contributed by atoms with Gasteiger partial charge in [-0.3, -0.25) is 0 Å². The summed E-state index contributed by atoms with van der Waals surface area (Å²) >= 11 is 0. The van der Waals surface area contributed by atoms with Gasteiger partial charge < -0.3 is 9.64 Å². The molecule has 90 valence electrons. The van der Waals surface area contributed by atoms with Crippen LogP contribution in [-0.2, 0) is 0 Å². The Labute approximate surface area is 99.7 Å². The van der Waals surface area contributed by atoms with E-state index < -0.39 is 0 Å². The van der Waals surface area contributed by atoms with Gasteiger partial charge in [-0.1, -0.05) is 0 Å². The van der Waals surface area contributed by atoms with Crippen LogP contribution in [0.3, 0.4) is 0 Å². The minimum atomic E-state index is 0.453. The molecule has 6 nitrogen and oxygen atoms in total. The van der Waals surface area contributed by atoms with Crippen molar-refractivity contribution >= 4 is 17.1 Å². The molecule has 6 heteroatoms. The second kappa shape index (κ2) is 4.12. The number of nitrogens with zero attached hydrogens (tertiary/aromatic N) is 5. The van der Waals surface area contributed by atoms with Crippen molar-refractivity contribution in [1.29, 1.82) is 0 Å². The molecule has 0 aliphatic carbocycles. The van der Waals surface area contributed by atoms with Crippen molar-refractivity contribution in [3.05, 3.63) is 11.4 Å². The second-order valence-corrected chi connectivity index (χ2v) is 3.99. The van der Waals surface area contributed by atoms with Gasteiger partial charge in [0, 0.05) is 14.1 Å². The fourth-order valence-corrected chi connectivity index (χ4v) is 1.42. The zero-order valence-electron chi connectivity index (χ0n) is 10.6. The summed E-state index contributed by atoms with van der Waals surface area (Å²) in [5, 5.41) is 0. The number of methoxy groups -OCH3 is 1. The Balaban J connectivity index is 2.78. The Morgan fingerprint density at radius 1 is 0.941 bits per heavy atom. The van der Waals surface area contributed by atoms with Crippen molar-refractivity contribution in [2.45, 2.75) is 13.8 Å². The summed E-state index contributed by atoms with van der Waals surface area (Å²) in [5.41, 5.74) is 2.88. The Morgan fingerprint density at radius 2 is 1.59 bits per heavy atom. The number of hydrogen-bond acceptors (Lipinski definition) is 6. The SMILES string of the molecule is COc1nc(N(C)C)nc2nc(C)c(C)nc12. The van der Waals surface area contributed by atoms with Gasteiger partial charge in [0.15, 0.2) is 11.2 Å². The molecular weight excluding hydrogens is 218 g/mol. The van der Waals surface area contributed by atoms with E-state index in [0.717, 1.165) is 11.4 Å². The zero-order chi connectivity index (χ0) is 12.6. The van der Waals surface area contributed by atoms with E-state index in [0.29, 0.717) is 23.0 Å². The molecule has 0 aliphatic rings. The lowest BCUT2D eigenvalue weighted by Gasteiger charge is -2.12. The van der Waals surface area contributed by atoms with Gasteiger partial charge in [-0.2, -0.15) is 9.97 Å². The van der Waals surface area contributed by atoms with Gasteiger partial charge in [0.2, 0.25) is 11.8 Å². The molecule has 2 aromatic rings. The summed E-state index contributed by atoms with van der Waals surface area (Å²) in [6, 6.07) is 0. The number of anilines is 1. The Kier molecular flexibility index (Phi) is 2.79. The molecule has 0 aromatic carbocycles. The molecule has 0 amide bonds. The van der Waals surface area contributed by atoms with Gasteiger partial charge in [0.1, 0.15) is 0 Å². The molecule has 0 aliphatic heterocycles. The summed E-state index contributed by atoms with van der Waals surface area (Å²) < 4.78 is 5.23. The van der Waals surface area contributed by atoms with Crippen molar-refractivity contribution in [2.75, 3.05) is 26.1 Å². The van der Waals surface area contributed by atoms with E-state index in [4.69, 9.17) is 4.74 Å². The summed E-state index contributed by atoms with van der Waals surface area (Å²) in [4.78, 5) is 19.3. The van der Waals surface area contributed by atoms with E-state index >= 15 is 0 Å². The highest BCUT2D eigenvalue weighted by atomic mass is 16.5. The molecule has 0 saturated heterocycles. The monoisotopic (exact) mass is 233 g/mol. The Hall–Kier alpha value is -1.98. The highest BCUT2D eigenvalue weighted by Crippen LogP contribution is 2.22. The van der Waals surface area contributed by atoms with Crippen LogP contribution in [0, 0.1) is 13.8 Å². The van der Waals surface area contributed by atoms with Crippen molar-refractivity contribution < 1.29 is 4.74 Å². The number of fused-ring (bicyclic) bond motifs is 1. The molecule has 2 aromatic heterocycles. The molecule has 0 radical (unpaired) electrons. The third-order valence-electron chi connectivity index (χ3n) is 2.49. The third kappa shape index (κ3) is 1.98. The van der Waals surface area contributed by atoms with Gasteiger partial charge in [0.05, 0.1) is 18.5 Å². The highest BCUT2D eigenvalue weighted by molar-refractivity contribution is 5.77. The summed E-state index contributed by atoms with van der Waals surface area (Å²) in [6.07, 6.45) is 0. The first-order valence-electron chi connectivity index (χ1n) is 5.27. The number of hydrogen-bond donors (Lipinski definition) is 0. The number of aromatic nitrogens is 4. The Morgan fingerprint density at radius 3 is 2.18 bits per heavy atom. The molecule has 0 spiro atoms. The predicted molar refractivity (Wildman–Crippen MR) is 65.5 cm³/mol. The number of aryl methyl sites for hydroxylation is 2. The lowest BCUT2D eigenvalue weighted by Crippen LogP contribution is -2.14. The zero-order valence-corrected chi connectivity index (χ0v) is 10.6. The average Bonchev–Trinajstić information content (AvgIpc) is 2.29. The summed E-state index contributed by atoms with van der Waals surface area (Å²) in [5.74, 6) is 1.02. The van der Waals surface area contributed by atoms with Crippen molar-refractivity contribution in [3.63, 3.8) is 0 Å². The minimum Gasteiger partial charge on any atom is -0.479 e. The average molecular weight is 233 g/mol. The molecule has 0 atom stereocenters. The fourth-order valence-electron chi connectivity index (χ4n) is 1.42. The molecule has 2 heterocycles. The van der Waals surface area contributed by atoms with Crippen LogP contribution in [0.25, 0.3) is 11.2 Å². The van der Waals surface area contributed by atoms with Crippen LogP contribution in [0.15, 0.2) is 0 Å². The quantitative estimate of drug-likeness (QED) is 0.774. The molecule has 2 rings (SSSR count). The van der Waals surface area contributed by atoms with E-state index in [1.54, 1.807) is 12.0 Å². The van der Waals surface area contributed by atoms with Crippen LogP contribution in [-0.4, -0.2) is 41.1 Å². The first-order chi connectivity index (χ1) is 8.02.